The molecule has 0 bridgehead atoms. The minimum absolute atomic E-state index is 0.119. The van der Waals surface area contributed by atoms with Crippen molar-refractivity contribution in [1.29, 1.82) is 0 Å². The highest BCUT2D eigenvalue weighted by atomic mass is 16.3. The van der Waals surface area contributed by atoms with E-state index in [4.69, 9.17) is 0 Å². The van der Waals surface area contributed by atoms with Gasteiger partial charge >= 0.3 is 0 Å². The van der Waals surface area contributed by atoms with Crippen LogP contribution in [0.2, 0.25) is 0 Å². The molecule has 2 rings (SSSR count). The van der Waals surface area contributed by atoms with Crippen LogP contribution in [0, 0.1) is 0 Å². The molecule has 2 aromatic rings. The molecular formula is C15H20N4O2. The molecule has 112 valence electrons. The van der Waals surface area contributed by atoms with E-state index in [1.165, 1.54) is 4.68 Å². The molecule has 0 spiro atoms. The van der Waals surface area contributed by atoms with Gasteiger partial charge in [-0.05, 0) is 12.0 Å². The Morgan fingerprint density at radius 3 is 2.86 bits per heavy atom. The third kappa shape index (κ3) is 5.00. The lowest BCUT2D eigenvalue weighted by molar-refractivity contribution is -0.122. The normalized spacial score (nSPS) is 12.1. The van der Waals surface area contributed by atoms with Gasteiger partial charge in [0.2, 0.25) is 5.91 Å². The first-order chi connectivity index (χ1) is 10.2. The molecular weight excluding hydrogens is 268 g/mol. The van der Waals surface area contributed by atoms with Crippen LogP contribution in [0.3, 0.4) is 0 Å². The number of hydrogen-bond acceptors (Lipinski definition) is 4. The number of rotatable bonds is 7. The molecule has 21 heavy (non-hydrogen) atoms. The summed E-state index contributed by atoms with van der Waals surface area (Å²) in [5.74, 6) is -0.119. The molecule has 2 N–H and O–H groups in total. The van der Waals surface area contributed by atoms with Crippen molar-refractivity contribution in [2.24, 2.45) is 0 Å². The number of nitrogens with zero attached hydrogens (tertiary/aromatic N) is 3. The number of carbonyl (C=O) groups excluding carboxylic acids is 1. The molecule has 0 aliphatic carbocycles. The molecule has 0 saturated carbocycles. The summed E-state index contributed by atoms with van der Waals surface area (Å²) in [7, 11) is 0. The van der Waals surface area contributed by atoms with Crippen molar-refractivity contribution in [1.82, 2.24) is 20.3 Å². The average molecular weight is 288 g/mol. The second-order valence-corrected chi connectivity index (χ2v) is 4.94. The van der Waals surface area contributed by atoms with Crippen LogP contribution in [0.5, 0.6) is 0 Å². The van der Waals surface area contributed by atoms with E-state index in [9.17, 15) is 9.90 Å². The van der Waals surface area contributed by atoms with E-state index in [-0.39, 0.29) is 12.5 Å². The Kier molecular flexibility index (Phi) is 5.45. The molecule has 0 aliphatic heterocycles. The molecule has 0 aliphatic rings. The fourth-order valence-corrected chi connectivity index (χ4v) is 1.89. The fraction of sp³-hybridized carbons (Fsp3) is 0.400. The van der Waals surface area contributed by atoms with E-state index in [0.717, 1.165) is 5.56 Å². The molecule has 1 aromatic heterocycles. The monoisotopic (exact) mass is 288 g/mol. The minimum Gasteiger partial charge on any atom is -0.393 e. The van der Waals surface area contributed by atoms with Gasteiger partial charge in [-0.25, -0.2) is 4.68 Å². The van der Waals surface area contributed by atoms with E-state index >= 15 is 0 Å². The number of aliphatic hydroxyl groups is 1. The number of aromatic nitrogens is 3. The number of aliphatic hydroxyl groups excluding tert-OH is 1. The summed E-state index contributed by atoms with van der Waals surface area (Å²) in [6.07, 6.45) is 2.41. The zero-order chi connectivity index (χ0) is 15.1. The van der Waals surface area contributed by atoms with Crippen molar-refractivity contribution in [3.8, 4) is 0 Å². The fourth-order valence-electron chi connectivity index (χ4n) is 1.89. The maximum Gasteiger partial charge on any atom is 0.242 e. The molecule has 6 heteroatoms. The van der Waals surface area contributed by atoms with E-state index in [0.29, 0.717) is 25.1 Å². The second kappa shape index (κ2) is 7.54. The Morgan fingerprint density at radius 1 is 1.38 bits per heavy atom. The summed E-state index contributed by atoms with van der Waals surface area (Å²) < 4.78 is 1.48. The Morgan fingerprint density at radius 2 is 2.14 bits per heavy atom. The number of hydrogen-bond donors (Lipinski definition) is 2. The minimum atomic E-state index is -0.415. The summed E-state index contributed by atoms with van der Waals surface area (Å²) in [4.78, 5) is 11.8. The predicted molar refractivity (Wildman–Crippen MR) is 78.3 cm³/mol. The first-order valence-corrected chi connectivity index (χ1v) is 7.05. The summed E-state index contributed by atoms with van der Waals surface area (Å²) in [5.41, 5.74) is 1.75. The van der Waals surface area contributed by atoms with E-state index in [2.05, 4.69) is 15.6 Å². The Labute approximate surface area is 123 Å². The van der Waals surface area contributed by atoms with E-state index in [1.807, 2.05) is 37.3 Å². The summed E-state index contributed by atoms with van der Waals surface area (Å²) in [6, 6.07) is 9.72. The maximum absolute atomic E-state index is 11.8. The van der Waals surface area contributed by atoms with Gasteiger partial charge in [0.15, 0.2) is 0 Å². The van der Waals surface area contributed by atoms with Gasteiger partial charge in [-0.15, -0.1) is 5.10 Å². The van der Waals surface area contributed by atoms with Gasteiger partial charge in [-0.1, -0.05) is 42.5 Å². The lowest BCUT2D eigenvalue weighted by Crippen LogP contribution is -2.27. The van der Waals surface area contributed by atoms with Crippen molar-refractivity contribution in [2.75, 3.05) is 0 Å². The van der Waals surface area contributed by atoms with Gasteiger partial charge in [-0.3, -0.25) is 4.79 Å². The average Bonchev–Trinajstić information content (AvgIpc) is 2.93. The first kappa shape index (κ1) is 15.2. The Balaban J connectivity index is 1.80. The van der Waals surface area contributed by atoms with Crippen LogP contribution in [0.1, 0.15) is 24.6 Å². The smallest absolute Gasteiger partial charge is 0.242 e. The largest absolute Gasteiger partial charge is 0.393 e. The SMILES string of the molecule is CCC(O)Cc1cn(CC(=O)NCc2ccccc2)nn1. The van der Waals surface area contributed by atoms with Crippen LogP contribution in [0.4, 0.5) is 0 Å². The molecule has 1 heterocycles. The highest BCUT2D eigenvalue weighted by Gasteiger charge is 2.09. The third-order valence-corrected chi connectivity index (χ3v) is 3.14. The predicted octanol–water partition coefficient (Wildman–Crippen LogP) is 0.908. The third-order valence-electron chi connectivity index (χ3n) is 3.14. The van der Waals surface area contributed by atoms with E-state index < -0.39 is 6.10 Å². The first-order valence-electron chi connectivity index (χ1n) is 7.05. The second-order valence-electron chi connectivity index (χ2n) is 4.94. The number of amides is 1. The van der Waals surface area contributed by atoms with Gasteiger partial charge in [0.1, 0.15) is 6.54 Å². The molecule has 1 atom stereocenters. The molecule has 0 fully saturated rings. The van der Waals surface area contributed by atoms with Crippen LogP contribution < -0.4 is 5.32 Å². The van der Waals surface area contributed by atoms with Crippen LogP contribution in [0.25, 0.3) is 0 Å². The summed E-state index contributed by atoms with van der Waals surface area (Å²) in [6.45, 7) is 2.53. The number of carbonyl (C=O) groups is 1. The highest BCUT2D eigenvalue weighted by molar-refractivity contribution is 5.75. The Bertz CT molecular complexity index is 568. The lowest BCUT2D eigenvalue weighted by Gasteiger charge is -2.05. The number of benzene rings is 1. The van der Waals surface area contributed by atoms with Gasteiger partial charge in [0.05, 0.1) is 11.8 Å². The van der Waals surface area contributed by atoms with Crippen molar-refractivity contribution < 1.29 is 9.90 Å². The molecule has 1 unspecified atom stereocenters. The maximum atomic E-state index is 11.8. The zero-order valence-corrected chi connectivity index (χ0v) is 12.1. The standard InChI is InChI=1S/C15H20N4O2/c1-2-14(20)8-13-10-19(18-17-13)11-15(21)16-9-12-6-4-3-5-7-12/h3-7,10,14,20H,2,8-9,11H2,1H3,(H,16,21). The molecule has 0 saturated heterocycles. The highest BCUT2D eigenvalue weighted by Crippen LogP contribution is 2.02. The van der Waals surface area contributed by atoms with Crippen molar-refractivity contribution in [2.45, 2.75) is 39.0 Å². The number of nitrogens with one attached hydrogen (secondary N) is 1. The molecule has 0 radical (unpaired) electrons. The van der Waals surface area contributed by atoms with Gasteiger partial charge in [-0.2, -0.15) is 0 Å². The van der Waals surface area contributed by atoms with Gasteiger partial charge in [0, 0.05) is 19.2 Å². The van der Waals surface area contributed by atoms with Gasteiger partial charge in [0.25, 0.3) is 0 Å². The lowest BCUT2D eigenvalue weighted by atomic mass is 10.2. The van der Waals surface area contributed by atoms with Crippen LogP contribution >= 0.6 is 0 Å². The van der Waals surface area contributed by atoms with E-state index in [1.54, 1.807) is 6.20 Å². The van der Waals surface area contributed by atoms with Crippen molar-refractivity contribution in [3.05, 3.63) is 47.8 Å². The van der Waals surface area contributed by atoms with Crippen LogP contribution in [0.15, 0.2) is 36.5 Å². The molecule has 1 amide bonds. The summed E-state index contributed by atoms with van der Waals surface area (Å²) in [5, 5.41) is 20.2. The summed E-state index contributed by atoms with van der Waals surface area (Å²) >= 11 is 0. The topological polar surface area (TPSA) is 80.0 Å². The van der Waals surface area contributed by atoms with Crippen molar-refractivity contribution >= 4 is 5.91 Å². The van der Waals surface area contributed by atoms with Gasteiger partial charge < -0.3 is 10.4 Å². The Hall–Kier alpha value is -2.21. The molecule has 6 nitrogen and oxygen atoms in total. The van der Waals surface area contributed by atoms with Crippen molar-refractivity contribution in [3.63, 3.8) is 0 Å². The zero-order valence-electron chi connectivity index (χ0n) is 12.1. The quantitative estimate of drug-likeness (QED) is 0.793. The molecule has 1 aromatic carbocycles. The van der Waals surface area contributed by atoms with Crippen LogP contribution in [-0.4, -0.2) is 32.1 Å². The van der Waals surface area contributed by atoms with Crippen LogP contribution in [-0.2, 0) is 24.3 Å².